The van der Waals surface area contributed by atoms with Gasteiger partial charge in [-0.25, -0.2) is 0 Å². The molecule has 1 aliphatic heterocycles. The van der Waals surface area contributed by atoms with Gasteiger partial charge in [0.15, 0.2) is 11.0 Å². The molecule has 2 N–H and O–H groups in total. The van der Waals surface area contributed by atoms with Gasteiger partial charge in [0.1, 0.15) is 0 Å². The van der Waals surface area contributed by atoms with Crippen molar-refractivity contribution in [2.45, 2.75) is 12.8 Å². The van der Waals surface area contributed by atoms with E-state index in [4.69, 9.17) is 11.6 Å². The maximum absolute atomic E-state index is 12.1. The second kappa shape index (κ2) is 5.49. The zero-order chi connectivity index (χ0) is 14.8. The zero-order valence-corrected chi connectivity index (χ0v) is 11.6. The van der Waals surface area contributed by atoms with Crippen LogP contribution in [0.1, 0.15) is 22.3 Å². The first-order valence-corrected chi connectivity index (χ1v) is 6.73. The van der Waals surface area contributed by atoms with Crippen LogP contribution in [-0.2, 0) is 11.2 Å². The van der Waals surface area contributed by atoms with Gasteiger partial charge in [-0.3, -0.25) is 9.59 Å². The summed E-state index contributed by atoms with van der Waals surface area (Å²) in [7, 11) is 0. The van der Waals surface area contributed by atoms with E-state index in [9.17, 15) is 9.59 Å². The Morgan fingerprint density at radius 2 is 2.05 bits per heavy atom. The molecule has 6 nitrogen and oxygen atoms in total. The topological polar surface area (TPSA) is 84.0 Å². The van der Waals surface area contributed by atoms with E-state index in [1.807, 2.05) is 0 Å². The number of rotatable bonds is 2. The van der Waals surface area contributed by atoms with Crippen LogP contribution in [0.15, 0.2) is 30.3 Å². The summed E-state index contributed by atoms with van der Waals surface area (Å²) in [5, 5.41) is 13.1. The minimum atomic E-state index is -0.286. The highest BCUT2D eigenvalue weighted by Crippen LogP contribution is 2.23. The Labute approximate surface area is 125 Å². The molecule has 0 atom stereocenters. The van der Waals surface area contributed by atoms with Crippen LogP contribution in [0.2, 0.25) is 5.15 Å². The molecular formula is C14H11ClN4O2. The Morgan fingerprint density at radius 1 is 1.19 bits per heavy atom. The van der Waals surface area contributed by atoms with Gasteiger partial charge in [-0.1, -0.05) is 11.6 Å². The largest absolute Gasteiger partial charge is 0.326 e. The summed E-state index contributed by atoms with van der Waals surface area (Å²) in [5.74, 6) is 0.0397. The quantitative estimate of drug-likeness (QED) is 0.891. The number of nitrogens with one attached hydrogen (secondary N) is 2. The van der Waals surface area contributed by atoms with Crippen LogP contribution in [-0.4, -0.2) is 22.0 Å². The van der Waals surface area contributed by atoms with Crippen molar-refractivity contribution in [2.24, 2.45) is 0 Å². The number of aryl methyl sites for hydroxylation is 1. The van der Waals surface area contributed by atoms with Crippen LogP contribution >= 0.6 is 11.6 Å². The molecule has 0 aliphatic carbocycles. The van der Waals surface area contributed by atoms with Crippen molar-refractivity contribution in [2.75, 3.05) is 10.6 Å². The van der Waals surface area contributed by atoms with Crippen LogP contribution in [0.5, 0.6) is 0 Å². The fraction of sp³-hybridized carbons (Fsp3) is 0.143. The Bertz CT molecular complexity index is 715. The average Bonchev–Trinajstić information content (AvgIpc) is 2.49. The van der Waals surface area contributed by atoms with E-state index in [2.05, 4.69) is 20.8 Å². The molecule has 0 fully saturated rings. The van der Waals surface area contributed by atoms with E-state index in [0.29, 0.717) is 24.2 Å². The van der Waals surface area contributed by atoms with Gasteiger partial charge in [0.25, 0.3) is 5.91 Å². The summed E-state index contributed by atoms with van der Waals surface area (Å²) in [6, 6.07) is 8.28. The maximum atomic E-state index is 12.1. The average molecular weight is 303 g/mol. The van der Waals surface area contributed by atoms with Crippen molar-refractivity contribution in [3.8, 4) is 0 Å². The number of hydrogen-bond acceptors (Lipinski definition) is 4. The number of anilines is 2. The number of hydrogen-bond donors (Lipinski definition) is 2. The molecule has 2 heterocycles. The molecule has 3 rings (SSSR count). The third-order valence-electron chi connectivity index (χ3n) is 3.14. The molecule has 2 aromatic rings. The molecule has 0 spiro atoms. The number of benzene rings is 1. The molecule has 0 bridgehead atoms. The number of nitrogens with zero attached hydrogens (tertiary/aromatic N) is 2. The molecule has 1 aromatic heterocycles. The predicted octanol–water partition coefficient (Wildman–Crippen LogP) is 2.27. The lowest BCUT2D eigenvalue weighted by Crippen LogP contribution is -2.20. The van der Waals surface area contributed by atoms with Crippen molar-refractivity contribution >= 4 is 34.9 Å². The Morgan fingerprint density at radius 3 is 2.81 bits per heavy atom. The van der Waals surface area contributed by atoms with Gasteiger partial charge in [0.2, 0.25) is 5.91 Å². The highest BCUT2D eigenvalue weighted by Gasteiger charge is 2.16. The van der Waals surface area contributed by atoms with Crippen LogP contribution in [0.25, 0.3) is 0 Å². The summed E-state index contributed by atoms with van der Waals surface area (Å²) >= 11 is 5.64. The van der Waals surface area contributed by atoms with Crippen molar-refractivity contribution in [1.82, 2.24) is 10.2 Å². The first kappa shape index (κ1) is 13.5. The van der Waals surface area contributed by atoms with Crippen molar-refractivity contribution in [3.05, 3.63) is 46.6 Å². The number of carbonyl (C=O) groups is 2. The minimum Gasteiger partial charge on any atom is -0.326 e. The second-order valence-corrected chi connectivity index (χ2v) is 5.00. The number of carbonyl (C=O) groups excluding carboxylic acids is 2. The fourth-order valence-corrected chi connectivity index (χ4v) is 2.20. The first-order valence-electron chi connectivity index (χ1n) is 6.35. The zero-order valence-electron chi connectivity index (χ0n) is 10.9. The highest BCUT2D eigenvalue weighted by molar-refractivity contribution is 6.29. The molecule has 0 unspecified atom stereocenters. The third-order valence-corrected chi connectivity index (χ3v) is 3.34. The summed E-state index contributed by atoms with van der Waals surface area (Å²) in [5.41, 5.74) is 2.21. The second-order valence-electron chi connectivity index (χ2n) is 4.62. The molecule has 106 valence electrons. The van der Waals surface area contributed by atoms with Gasteiger partial charge in [-0.2, -0.15) is 0 Å². The third kappa shape index (κ3) is 3.00. The van der Waals surface area contributed by atoms with Gasteiger partial charge < -0.3 is 10.6 Å². The first-order chi connectivity index (χ1) is 10.1. The molecule has 21 heavy (non-hydrogen) atoms. The van der Waals surface area contributed by atoms with Crippen molar-refractivity contribution in [3.63, 3.8) is 0 Å². The molecule has 0 saturated carbocycles. The van der Waals surface area contributed by atoms with Gasteiger partial charge in [-0.15, -0.1) is 10.2 Å². The van der Waals surface area contributed by atoms with Gasteiger partial charge >= 0.3 is 0 Å². The fourth-order valence-electron chi connectivity index (χ4n) is 2.10. The monoisotopic (exact) mass is 302 g/mol. The van der Waals surface area contributed by atoms with E-state index < -0.39 is 0 Å². The lowest BCUT2D eigenvalue weighted by molar-refractivity contribution is -0.116. The molecule has 1 aromatic carbocycles. The van der Waals surface area contributed by atoms with Gasteiger partial charge in [0.05, 0.1) is 0 Å². The summed E-state index contributed by atoms with van der Waals surface area (Å²) in [6.07, 6.45) is 1.06. The normalized spacial score (nSPS) is 13.3. The SMILES string of the molecule is O=C1CCc2cc(C(=O)Nc3ccc(Cl)nn3)ccc2N1. The summed E-state index contributed by atoms with van der Waals surface area (Å²) < 4.78 is 0. The smallest absolute Gasteiger partial charge is 0.256 e. The molecule has 0 saturated heterocycles. The van der Waals surface area contributed by atoms with E-state index in [1.54, 1.807) is 30.3 Å². The lowest BCUT2D eigenvalue weighted by atomic mass is 10.00. The molecule has 2 amide bonds. The highest BCUT2D eigenvalue weighted by atomic mass is 35.5. The maximum Gasteiger partial charge on any atom is 0.256 e. The van der Waals surface area contributed by atoms with E-state index in [-0.39, 0.29) is 17.0 Å². The Kier molecular flexibility index (Phi) is 3.53. The predicted molar refractivity (Wildman–Crippen MR) is 78.4 cm³/mol. The van der Waals surface area contributed by atoms with Gasteiger partial charge in [0, 0.05) is 17.7 Å². The Hall–Kier alpha value is -2.47. The minimum absolute atomic E-state index is 0.00357. The number of fused-ring (bicyclic) bond motifs is 1. The standard InChI is InChI=1S/C14H11ClN4O2/c15-11-4-5-12(19-18-11)17-14(21)9-1-3-10-8(7-9)2-6-13(20)16-10/h1,3-5,7H,2,6H2,(H,16,20)(H,17,19,21). The van der Waals surface area contributed by atoms with Crippen LogP contribution in [0.3, 0.4) is 0 Å². The summed E-state index contributed by atoms with van der Waals surface area (Å²) in [6.45, 7) is 0. The summed E-state index contributed by atoms with van der Waals surface area (Å²) in [4.78, 5) is 23.4. The molecule has 1 aliphatic rings. The molecule has 0 radical (unpaired) electrons. The number of halogens is 1. The molecular weight excluding hydrogens is 292 g/mol. The van der Waals surface area contributed by atoms with E-state index in [1.165, 1.54) is 0 Å². The molecule has 7 heteroatoms. The van der Waals surface area contributed by atoms with Crippen molar-refractivity contribution in [1.29, 1.82) is 0 Å². The van der Waals surface area contributed by atoms with Crippen LogP contribution in [0.4, 0.5) is 11.5 Å². The lowest BCUT2D eigenvalue weighted by Gasteiger charge is -2.17. The Balaban J connectivity index is 1.79. The number of aromatic nitrogens is 2. The van der Waals surface area contributed by atoms with Crippen molar-refractivity contribution < 1.29 is 9.59 Å². The number of amides is 2. The van der Waals surface area contributed by atoms with E-state index in [0.717, 1.165) is 11.3 Å². The van der Waals surface area contributed by atoms with Gasteiger partial charge in [-0.05, 0) is 42.3 Å². The van der Waals surface area contributed by atoms with Crippen LogP contribution in [0, 0.1) is 0 Å². The van der Waals surface area contributed by atoms with E-state index >= 15 is 0 Å². The van der Waals surface area contributed by atoms with Crippen LogP contribution < -0.4 is 10.6 Å².